The molecule has 2 heterocycles. The molecule has 0 amide bonds. The first kappa shape index (κ1) is 11.6. The molecule has 1 aromatic heterocycles. The second-order valence-corrected chi connectivity index (χ2v) is 4.46. The summed E-state index contributed by atoms with van der Waals surface area (Å²) in [5.41, 5.74) is 7.02. The van der Waals surface area contributed by atoms with Gasteiger partial charge in [0.05, 0.1) is 11.7 Å². The maximum Gasteiger partial charge on any atom is 0.0555 e. The molecule has 0 aliphatic carbocycles. The van der Waals surface area contributed by atoms with E-state index in [-0.39, 0.29) is 0 Å². The molecule has 1 saturated heterocycles. The summed E-state index contributed by atoms with van der Waals surface area (Å²) in [5.74, 6) is 0. The zero-order valence-corrected chi connectivity index (χ0v) is 10.1. The highest BCUT2D eigenvalue weighted by atomic mass is 15.3. The highest BCUT2D eigenvalue weighted by molar-refractivity contribution is 5.09. The molecule has 0 unspecified atom stereocenters. The SMILES string of the molecule is CCCn1nccc1[C@@H]1CCCN1CCN. The second-order valence-electron chi connectivity index (χ2n) is 4.46. The minimum absolute atomic E-state index is 0.539. The number of nitrogens with two attached hydrogens (primary N) is 1. The number of aromatic nitrogens is 2. The maximum atomic E-state index is 5.66. The van der Waals surface area contributed by atoms with Crippen molar-refractivity contribution in [3.8, 4) is 0 Å². The summed E-state index contributed by atoms with van der Waals surface area (Å²) < 4.78 is 2.15. The van der Waals surface area contributed by atoms with E-state index in [9.17, 15) is 0 Å². The van der Waals surface area contributed by atoms with Crippen molar-refractivity contribution in [2.75, 3.05) is 19.6 Å². The quantitative estimate of drug-likeness (QED) is 0.819. The van der Waals surface area contributed by atoms with Gasteiger partial charge in [-0.25, -0.2) is 0 Å². The summed E-state index contributed by atoms with van der Waals surface area (Å²) >= 11 is 0. The Morgan fingerprint density at radius 1 is 1.50 bits per heavy atom. The first-order chi connectivity index (χ1) is 7.86. The van der Waals surface area contributed by atoms with Crippen molar-refractivity contribution >= 4 is 0 Å². The smallest absolute Gasteiger partial charge is 0.0555 e. The van der Waals surface area contributed by atoms with Crippen molar-refractivity contribution in [1.82, 2.24) is 14.7 Å². The number of likely N-dealkylation sites (tertiary alicyclic amines) is 1. The number of nitrogens with zero attached hydrogens (tertiary/aromatic N) is 3. The van der Waals surface area contributed by atoms with Crippen molar-refractivity contribution in [2.24, 2.45) is 5.73 Å². The van der Waals surface area contributed by atoms with Gasteiger partial charge in [-0.3, -0.25) is 9.58 Å². The van der Waals surface area contributed by atoms with E-state index in [1.165, 1.54) is 25.1 Å². The zero-order valence-electron chi connectivity index (χ0n) is 10.1. The number of aryl methyl sites for hydroxylation is 1. The average Bonchev–Trinajstić information content (AvgIpc) is 2.87. The molecule has 1 aliphatic rings. The zero-order chi connectivity index (χ0) is 11.4. The van der Waals surface area contributed by atoms with Crippen LogP contribution in [-0.4, -0.2) is 34.3 Å². The third-order valence-corrected chi connectivity index (χ3v) is 3.31. The molecule has 0 radical (unpaired) electrons. The van der Waals surface area contributed by atoms with E-state index >= 15 is 0 Å². The fourth-order valence-corrected chi connectivity index (χ4v) is 2.62. The van der Waals surface area contributed by atoms with Crippen LogP contribution in [-0.2, 0) is 6.54 Å². The lowest BCUT2D eigenvalue weighted by atomic mass is 10.1. The molecule has 1 atom stereocenters. The Hall–Kier alpha value is -0.870. The van der Waals surface area contributed by atoms with Gasteiger partial charge in [0.25, 0.3) is 0 Å². The van der Waals surface area contributed by atoms with E-state index in [4.69, 9.17) is 5.73 Å². The van der Waals surface area contributed by atoms with E-state index in [0.717, 1.165) is 26.1 Å². The van der Waals surface area contributed by atoms with Gasteiger partial charge in [0, 0.05) is 25.8 Å². The number of hydrogen-bond donors (Lipinski definition) is 1. The van der Waals surface area contributed by atoms with E-state index in [1.54, 1.807) is 0 Å². The molecule has 2 N–H and O–H groups in total. The monoisotopic (exact) mass is 222 g/mol. The fourth-order valence-electron chi connectivity index (χ4n) is 2.62. The Morgan fingerprint density at radius 2 is 2.38 bits per heavy atom. The van der Waals surface area contributed by atoms with E-state index < -0.39 is 0 Å². The number of rotatable bonds is 5. The molecule has 4 nitrogen and oxygen atoms in total. The Bertz CT molecular complexity index is 321. The van der Waals surface area contributed by atoms with E-state index in [0.29, 0.717) is 6.04 Å². The summed E-state index contributed by atoms with van der Waals surface area (Å²) in [6, 6.07) is 2.70. The molecule has 1 aromatic rings. The molecule has 0 aromatic carbocycles. The van der Waals surface area contributed by atoms with Crippen molar-refractivity contribution in [1.29, 1.82) is 0 Å². The predicted octanol–water partition coefficient (Wildman–Crippen LogP) is 1.39. The van der Waals surface area contributed by atoms with Crippen molar-refractivity contribution < 1.29 is 0 Å². The fraction of sp³-hybridized carbons (Fsp3) is 0.750. The molecule has 90 valence electrons. The van der Waals surface area contributed by atoms with Gasteiger partial charge >= 0.3 is 0 Å². The Kier molecular flexibility index (Phi) is 3.96. The summed E-state index contributed by atoms with van der Waals surface area (Å²) in [4.78, 5) is 2.49. The van der Waals surface area contributed by atoms with Crippen LogP contribution in [0, 0.1) is 0 Å². The summed E-state index contributed by atoms with van der Waals surface area (Å²) in [6.07, 6.45) is 5.58. The molecule has 2 rings (SSSR count). The van der Waals surface area contributed by atoms with Gasteiger partial charge in [0.15, 0.2) is 0 Å². The molecule has 0 saturated carbocycles. The van der Waals surface area contributed by atoms with Crippen LogP contribution >= 0.6 is 0 Å². The van der Waals surface area contributed by atoms with Gasteiger partial charge in [-0.15, -0.1) is 0 Å². The van der Waals surface area contributed by atoms with E-state index in [1.807, 2.05) is 6.20 Å². The van der Waals surface area contributed by atoms with Crippen molar-refractivity contribution in [2.45, 2.75) is 38.8 Å². The maximum absolute atomic E-state index is 5.66. The standard InChI is InChI=1S/C12H22N4/c1-2-8-16-12(5-7-14-16)11-4-3-9-15(11)10-6-13/h5,7,11H,2-4,6,8-10,13H2,1H3/t11-/m0/s1. The lowest BCUT2D eigenvalue weighted by molar-refractivity contribution is 0.252. The molecular formula is C12H22N4. The highest BCUT2D eigenvalue weighted by Gasteiger charge is 2.27. The van der Waals surface area contributed by atoms with Crippen molar-refractivity contribution in [3.63, 3.8) is 0 Å². The minimum Gasteiger partial charge on any atom is -0.329 e. The Morgan fingerprint density at radius 3 is 3.12 bits per heavy atom. The molecule has 16 heavy (non-hydrogen) atoms. The summed E-state index contributed by atoms with van der Waals surface area (Å²) in [6.45, 7) is 6.15. The first-order valence-electron chi connectivity index (χ1n) is 6.32. The third-order valence-electron chi connectivity index (χ3n) is 3.31. The Labute approximate surface area is 97.4 Å². The average molecular weight is 222 g/mol. The van der Waals surface area contributed by atoms with Gasteiger partial charge in [0.2, 0.25) is 0 Å². The van der Waals surface area contributed by atoms with Gasteiger partial charge in [-0.05, 0) is 31.9 Å². The molecule has 0 spiro atoms. The minimum atomic E-state index is 0.539. The number of hydrogen-bond acceptors (Lipinski definition) is 3. The predicted molar refractivity (Wildman–Crippen MR) is 65.1 cm³/mol. The third kappa shape index (κ3) is 2.28. The Balaban J connectivity index is 2.12. The molecule has 1 fully saturated rings. The second kappa shape index (κ2) is 5.46. The van der Waals surface area contributed by atoms with Crippen LogP contribution in [0.2, 0.25) is 0 Å². The van der Waals surface area contributed by atoms with E-state index in [2.05, 4.69) is 27.7 Å². The topological polar surface area (TPSA) is 47.1 Å². The molecular weight excluding hydrogens is 200 g/mol. The summed E-state index contributed by atoms with van der Waals surface area (Å²) in [7, 11) is 0. The molecule has 4 heteroatoms. The largest absolute Gasteiger partial charge is 0.329 e. The van der Waals surface area contributed by atoms with Crippen LogP contribution in [0.5, 0.6) is 0 Å². The highest BCUT2D eigenvalue weighted by Crippen LogP contribution is 2.31. The lowest BCUT2D eigenvalue weighted by Gasteiger charge is -2.24. The molecule has 0 bridgehead atoms. The van der Waals surface area contributed by atoms with Crippen LogP contribution in [0.25, 0.3) is 0 Å². The van der Waals surface area contributed by atoms with Crippen LogP contribution in [0.4, 0.5) is 0 Å². The lowest BCUT2D eigenvalue weighted by Crippen LogP contribution is -2.30. The van der Waals surface area contributed by atoms with Crippen molar-refractivity contribution in [3.05, 3.63) is 18.0 Å². The summed E-state index contributed by atoms with van der Waals surface area (Å²) in [5, 5.41) is 4.40. The van der Waals surface area contributed by atoms with Gasteiger partial charge in [0.1, 0.15) is 0 Å². The van der Waals surface area contributed by atoms with Crippen LogP contribution in [0.15, 0.2) is 12.3 Å². The van der Waals surface area contributed by atoms with Crippen LogP contribution in [0.3, 0.4) is 0 Å². The first-order valence-corrected chi connectivity index (χ1v) is 6.32. The normalized spacial score (nSPS) is 21.8. The van der Waals surface area contributed by atoms with Gasteiger partial charge in [-0.2, -0.15) is 5.10 Å². The van der Waals surface area contributed by atoms with Crippen LogP contribution < -0.4 is 5.73 Å². The molecule has 1 aliphatic heterocycles. The van der Waals surface area contributed by atoms with Crippen LogP contribution in [0.1, 0.15) is 37.9 Å². The van der Waals surface area contributed by atoms with Gasteiger partial charge in [-0.1, -0.05) is 6.92 Å². The van der Waals surface area contributed by atoms with Gasteiger partial charge < -0.3 is 5.73 Å².